The second kappa shape index (κ2) is 5.19. The molecule has 0 spiro atoms. The van der Waals surface area contributed by atoms with Gasteiger partial charge in [0.25, 0.3) is 5.24 Å². The lowest BCUT2D eigenvalue weighted by Crippen LogP contribution is -2.44. The smallest absolute Gasteiger partial charge is 0.284 e. The van der Waals surface area contributed by atoms with Gasteiger partial charge in [0, 0.05) is 12.1 Å². The van der Waals surface area contributed by atoms with Crippen LogP contribution in [0, 0.1) is 0 Å². The molecule has 1 aliphatic heterocycles. The molecule has 6 nitrogen and oxygen atoms in total. The van der Waals surface area contributed by atoms with Crippen molar-refractivity contribution in [3.05, 3.63) is 28.8 Å². The van der Waals surface area contributed by atoms with Gasteiger partial charge in [0.15, 0.2) is 5.72 Å². The first-order valence-electron chi connectivity index (χ1n) is 5.69. The fourth-order valence-electron chi connectivity index (χ4n) is 2.07. The zero-order chi connectivity index (χ0) is 15.1. The molecule has 0 saturated carbocycles. The third kappa shape index (κ3) is 2.53. The van der Waals surface area contributed by atoms with Gasteiger partial charge in [-0.3, -0.25) is 4.79 Å². The van der Waals surface area contributed by atoms with E-state index >= 15 is 0 Å². The lowest BCUT2D eigenvalue weighted by molar-refractivity contribution is -0.0536. The van der Waals surface area contributed by atoms with Gasteiger partial charge in [0.2, 0.25) is 10.0 Å². The van der Waals surface area contributed by atoms with Crippen LogP contribution in [-0.4, -0.2) is 36.0 Å². The molecule has 1 fully saturated rings. The minimum absolute atomic E-state index is 0.0279. The molecule has 1 saturated heterocycles. The largest absolute Gasteiger partial charge is 0.366 e. The number of halogens is 1. The van der Waals surface area contributed by atoms with Crippen LogP contribution >= 0.6 is 23.4 Å². The molecule has 0 aliphatic carbocycles. The quantitative estimate of drug-likeness (QED) is 0.867. The number of amides is 1. The zero-order valence-electron chi connectivity index (χ0n) is 10.5. The zero-order valence-corrected chi connectivity index (χ0v) is 12.9. The summed E-state index contributed by atoms with van der Waals surface area (Å²) in [5.74, 6) is 0.116. The van der Waals surface area contributed by atoms with Gasteiger partial charge in [-0.15, -0.1) is 0 Å². The van der Waals surface area contributed by atoms with E-state index in [0.29, 0.717) is 6.54 Å². The maximum atomic E-state index is 11.7. The summed E-state index contributed by atoms with van der Waals surface area (Å²) >= 11 is 6.78. The fourth-order valence-corrected chi connectivity index (χ4v) is 4.22. The minimum atomic E-state index is -4.00. The highest BCUT2D eigenvalue weighted by atomic mass is 35.5. The van der Waals surface area contributed by atoms with Gasteiger partial charge in [0.1, 0.15) is 4.90 Å². The Kier molecular flexibility index (Phi) is 4.05. The number of nitrogens with two attached hydrogens (primary N) is 1. The van der Waals surface area contributed by atoms with Crippen LogP contribution in [0.15, 0.2) is 23.1 Å². The van der Waals surface area contributed by atoms with Crippen molar-refractivity contribution in [2.45, 2.75) is 17.5 Å². The Balaban J connectivity index is 2.57. The Bertz CT molecular complexity index is 664. The number of thioether (sulfide) groups is 1. The summed E-state index contributed by atoms with van der Waals surface area (Å²) in [5, 5.41) is 15.5. The molecule has 0 aromatic heterocycles. The summed E-state index contributed by atoms with van der Waals surface area (Å²) in [7, 11) is -4.00. The molecular formula is C11H13ClN2O4S2. The molecule has 0 bridgehead atoms. The van der Waals surface area contributed by atoms with Crippen molar-refractivity contribution in [1.29, 1.82) is 0 Å². The summed E-state index contributed by atoms with van der Waals surface area (Å²) in [6, 6.07) is 4.04. The van der Waals surface area contributed by atoms with E-state index in [1.807, 2.05) is 0 Å². The van der Waals surface area contributed by atoms with Gasteiger partial charge < -0.3 is 10.0 Å². The summed E-state index contributed by atoms with van der Waals surface area (Å²) in [4.78, 5) is 12.7. The van der Waals surface area contributed by atoms with Crippen molar-refractivity contribution < 1.29 is 18.3 Å². The number of carbonyl (C=O) groups excluding carboxylic acids is 1. The van der Waals surface area contributed by atoms with Crippen LogP contribution in [0.4, 0.5) is 4.79 Å². The van der Waals surface area contributed by atoms with E-state index in [1.54, 1.807) is 6.92 Å². The van der Waals surface area contributed by atoms with Crippen LogP contribution in [0.25, 0.3) is 0 Å². The summed E-state index contributed by atoms with van der Waals surface area (Å²) in [6.07, 6.45) is 0. The molecule has 1 atom stereocenters. The number of sulfonamides is 1. The topological polar surface area (TPSA) is 101 Å². The highest BCUT2D eigenvalue weighted by Crippen LogP contribution is 2.39. The van der Waals surface area contributed by atoms with Crippen molar-refractivity contribution >= 4 is 38.6 Å². The SMILES string of the molecule is CCN1C(=O)SCC1(O)c1ccc(Cl)c(S(N)(=O)=O)c1. The van der Waals surface area contributed by atoms with Crippen molar-refractivity contribution in [2.75, 3.05) is 12.3 Å². The highest BCUT2D eigenvalue weighted by molar-refractivity contribution is 8.13. The molecule has 1 aliphatic rings. The van der Waals surface area contributed by atoms with E-state index in [4.69, 9.17) is 16.7 Å². The number of hydrogen-bond acceptors (Lipinski definition) is 5. The molecule has 1 amide bonds. The molecule has 1 unspecified atom stereocenters. The van der Waals surface area contributed by atoms with Crippen LogP contribution in [0.1, 0.15) is 12.5 Å². The third-order valence-electron chi connectivity index (χ3n) is 3.08. The van der Waals surface area contributed by atoms with Gasteiger partial charge in [-0.1, -0.05) is 29.4 Å². The number of nitrogens with zero attached hydrogens (tertiary/aromatic N) is 1. The second-order valence-electron chi connectivity index (χ2n) is 4.31. The summed E-state index contributed by atoms with van der Waals surface area (Å²) in [5.41, 5.74) is -1.29. The van der Waals surface area contributed by atoms with E-state index in [-0.39, 0.29) is 26.5 Å². The highest BCUT2D eigenvalue weighted by Gasteiger charge is 2.45. The number of rotatable bonds is 3. The predicted molar refractivity (Wildman–Crippen MR) is 77.0 cm³/mol. The maximum absolute atomic E-state index is 11.7. The number of carbonyl (C=O) groups is 1. The van der Waals surface area contributed by atoms with Crippen LogP contribution in [0.5, 0.6) is 0 Å². The maximum Gasteiger partial charge on any atom is 0.284 e. The van der Waals surface area contributed by atoms with Gasteiger partial charge in [0.05, 0.1) is 10.8 Å². The standard InChI is InChI=1S/C11H13ClN2O4S2/c1-2-14-10(15)19-6-11(14,16)7-3-4-8(12)9(5-7)20(13,17)18/h3-5,16H,2,6H2,1H3,(H2,13,17,18). The van der Waals surface area contributed by atoms with Crippen molar-refractivity contribution in [1.82, 2.24) is 4.90 Å². The summed E-state index contributed by atoms with van der Waals surface area (Å²) < 4.78 is 22.9. The Hall–Kier alpha value is -0.800. The second-order valence-corrected chi connectivity index (χ2v) is 7.17. The molecule has 1 aromatic rings. The van der Waals surface area contributed by atoms with Crippen molar-refractivity contribution in [2.24, 2.45) is 5.14 Å². The first-order chi connectivity index (χ1) is 9.20. The predicted octanol–water partition coefficient (Wildman–Crippen LogP) is 1.32. The van der Waals surface area contributed by atoms with Crippen LogP contribution in [0.2, 0.25) is 5.02 Å². The van der Waals surface area contributed by atoms with Crippen LogP contribution in [0.3, 0.4) is 0 Å². The Labute approximate surface area is 125 Å². The number of hydrogen-bond donors (Lipinski definition) is 2. The van der Waals surface area contributed by atoms with Crippen LogP contribution < -0.4 is 5.14 Å². The average molecular weight is 337 g/mol. The molecule has 9 heteroatoms. The lowest BCUT2D eigenvalue weighted by atomic mass is 10.0. The first kappa shape index (κ1) is 15.6. The van der Waals surface area contributed by atoms with Crippen molar-refractivity contribution in [3.63, 3.8) is 0 Å². The van der Waals surface area contributed by atoms with Crippen LogP contribution in [-0.2, 0) is 15.7 Å². The molecule has 20 heavy (non-hydrogen) atoms. The average Bonchev–Trinajstić information content (AvgIpc) is 2.65. The van der Waals surface area contributed by atoms with Gasteiger partial charge in [-0.25, -0.2) is 13.6 Å². The van der Waals surface area contributed by atoms with Gasteiger partial charge in [-0.05, 0) is 19.1 Å². The van der Waals surface area contributed by atoms with E-state index in [9.17, 15) is 18.3 Å². The Morgan fingerprint density at radius 2 is 2.20 bits per heavy atom. The van der Waals surface area contributed by atoms with E-state index in [0.717, 1.165) is 11.8 Å². The molecule has 2 rings (SSSR count). The summed E-state index contributed by atoms with van der Waals surface area (Å²) in [6.45, 7) is 2.03. The monoisotopic (exact) mass is 336 g/mol. The molecule has 1 heterocycles. The minimum Gasteiger partial charge on any atom is -0.366 e. The van der Waals surface area contributed by atoms with E-state index in [2.05, 4.69) is 0 Å². The third-order valence-corrected chi connectivity index (χ3v) is 5.49. The number of aliphatic hydroxyl groups is 1. The molecule has 110 valence electrons. The molecule has 1 aromatic carbocycles. The number of benzene rings is 1. The number of primary sulfonamides is 1. The van der Waals surface area contributed by atoms with Gasteiger partial charge >= 0.3 is 0 Å². The van der Waals surface area contributed by atoms with E-state index < -0.39 is 15.7 Å². The fraction of sp³-hybridized carbons (Fsp3) is 0.364. The Morgan fingerprint density at radius 3 is 2.75 bits per heavy atom. The molecule has 0 radical (unpaired) electrons. The van der Waals surface area contributed by atoms with Gasteiger partial charge in [-0.2, -0.15) is 0 Å². The first-order valence-corrected chi connectivity index (χ1v) is 8.60. The normalized spacial score (nSPS) is 23.4. The van der Waals surface area contributed by atoms with Crippen molar-refractivity contribution in [3.8, 4) is 0 Å². The molecule has 3 N–H and O–H groups in total. The molecular weight excluding hydrogens is 324 g/mol. The Morgan fingerprint density at radius 1 is 1.55 bits per heavy atom. The van der Waals surface area contributed by atoms with E-state index in [1.165, 1.54) is 23.1 Å². The lowest BCUT2D eigenvalue weighted by Gasteiger charge is -2.32.